The van der Waals surface area contributed by atoms with Gasteiger partial charge in [0, 0.05) is 48.4 Å². The molecule has 4 heterocycles. The van der Waals surface area contributed by atoms with E-state index in [1.165, 1.54) is 13.2 Å². The topological polar surface area (TPSA) is 104 Å². The first-order valence-corrected chi connectivity index (χ1v) is 11.4. The van der Waals surface area contributed by atoms with Crippen LogP contribution in [0.4, 0.5) is 4.39 Å². The molecule has 0 saturated heterocycles. The third-order valence-electron chi connectivity index (χ3n) is 6.36. The summed E-state index contributed by atoms with van der Waals surface area (Å²) in [5.41, 5.74) is 5.66. The van der Waals surface area contributed by atoms with Crippen molar-refractivity contribution >= 4 is 22.7 Å². The molecule has 36 heavy (non-hydrogen) atoms. The highest BCUT2D eigenvalue weighted by Gasteiger charge is 2.27. The van der Waals surface area contributed by atoms with Gasteiger partial charge in [0.15, 0.2) is 23.3 Å². The van der Waals surface area contributed by atoms with E-state index in [0.29, 0.717) is 23.4 Å². The van der Waals surface area contributed by atoms with Gasteiger partial charge in [0.25, 0.3) is 5.91 Å². The molecular weight excluding hydrogens is 463 g/mol. The van der Waals surface area contributed by atoms with Gasteiger partial charge in [-0.25, -0.2) is 9.37 Å². The molecule has 184 valence electrons. The van der Waals surface area contributed by atoms with Crippen LogP contribution in [0.1, 0.15) is 51.0 Å². The number of fused-ring (bicyclic) bond motifs is 1. The monoisotopic (exact) mass is 488 g/mol. The molecular formula is C26H25FN6O3. The van der Waals surface area contributed by atoms with Gasteiger partial charge < -0.3 is 14.9 Å². The molecule has 1 amide bonds. The fourth-order valence-electron chi connectivity index (χ4n) is 4.16. The summed E-state index contributed by atoms with van der Waals surface area (Å²) in [5, 5.41) is 12.3. The van der Waals surface area contributed by atoms with Gasteiger partial charge in [0.1, 0.15) is 5.71 Å². The maximum atomic E-state index is 13.7. The summed E-state index contributed by atoms with van der Waals surface area (Å²) in [4.78, 5) is 27.9. The first-order chi connectivity index (χ1) is 17.3. The van der Waals surface area contributed by atoms with Gasteiger partial charge in [-0.2, -0.15) is 5.10 Å². The smallest absolute Gasteiger partial charge is 0.251 e. The number of nitrogens with zero attached hydrogens (tertiary/aromatic N) is 5. The standard InChI is InChI=1S/C26H25FN6O3/c1-14-15(2)31-21(9-19(14)26(34)29-11-16-5-6-20(27)24(7-16)35-4)22-10-23(36-32-22)17-8-18-13-30-33(3)25(18)28-12-17/h5-9,12-13,23H,10-11H2,1-4H3,(H,29,34). The number of pyridine rings is 2. The number of hydrogen-bond acceptors (Lipinski definition) is 7. The Balaban J connectivity index is 1.32. The minimum absolute atomic E-state index is 0.131. The molecule has 0 bridgehead atoms. The zero-order valence-electron chi connectivity index (χ0n) is 20.4. The summed E-state index contributed by atoms with van der Waals surface area (Å²) in [6.45, 7) is 3.93. The number of oxime groups is 1. The number of nitrogens with one attached hydrogen (secondary N) is 1. The summed E-state index contributed by atoms with van der Waals surface area (Å²) in [6.07, 6.45) is 3.73. The predicted molar refractivity (Wildman–Crippen MR) is 131 cm³/mol. The average molecular weight is 489 g/mol. The summed E-state index contributed by atoms with van der Waals surface area (Å²) in [5.74, 6) is -0.580. The van der Waals surface area contributed by atoms with Crippen LogP contribution in [-0.2, 0) is 18.4 Å². The molecule has 0 radical (unpaired) electrons. The van der Waals surface area contributed by atoms with Crippen molar-refractivity contribution in [1.29, 1.82) is 0 Å². The summed E-state index contributed by atoms with van der Waals surface area (Å²) < 4.78 is 20.4. The molecule has 0 spiro atoms. The van der Waals surface area contributed by atoms with Crippen LogP contribution in [0.15, 0.2) is 47.9 Å². The van der Waals surface area contributed by atoms with Gasteiger partial charge in [0.2, 0.25) is 0 Å². The Labute approximate surface area is 207 Å². The minimum atomic E-state index is -0.452. The van der Waals surface area contributed by atoms with Crippen molar-refractivity contribution in [2.45, 2.75) is 32.9 Å². The van der Waals surface area contributed by atoms with E-state index in [0.717, 1.165) is 33.4 Å². The van der Waals surface area contributed by atoms with E-state index in [2.05, 4.69) is 25.5 Å². The number of aromatic nitrogens is 4. The maximum absolute atomic E-state index is 13.7. The van der Waals surface area contributed by atoms with E-state index in [1.54, 1.807) is 35.3 Å². The number of rotatable bonds is 6. The fourth-order valence-corrected chi connectivity index (χ4v) is 4.16. The normalized spacial score (nSPS) is 15.0. The van der Waals surface area contributed by atoms with E-state index < -0.39 is 5.82 Å². The number of methoxy groups -OCH3 is 1. The maximum Gasteiger partial charge on any atom is 0.251 e. The number of amides is 1. The predicted octanol–water partition coefficient (Wildman–Crippen LogP) is 3.92. The molecule has 1 aromatic carbocycles. The van der Waals surface area contributed by atoms with Gasteiger partial charge in [-0.1, -0.05) is 11.2 Å². The zero-order valence-corrected chi connectivity index (χ0v) is 20.4. The van der Waals surface area contributed by atoms with Crippen molar-refractivity contribution in [3.8, 4) is 5.75 Å². The second-order valence-electron chi connectivity index (χ2n) is 8.70. The van der Waals surface area contributed by atoms with Crippen LogP contribution in [0, 0.1) is 19.7 Å². The Morgan fingerprint density at radius 3 is 2.89 bits per heavy atom. The number of ether oxygens (including phenoxy) is 1. The van der Waals surface area contributed by atoms with Gasteiger partial charge in [-0.05, 0) is 49.2 Å². The fraction of sp³-hybridized carbons (Fsp3) is 0.269. The molecule has 9 nitrogen and oxygen atoms in total. The Bertz CT molecular complexity index is 1510. The van der Waals surface area contributed by atoms with E-state index in [4.69, 9.17) is 9.57 Å². The van der Waals surface area contributed by atoms with Gasteiger partial charge in [-0.3, -0.25) is 14.5 Å². The van der Waals surface area contributed by atoms with Crippen LogP contribution in [0.2, 0.25) is 0 Å². The number of aryl methyl sites for hydroxylation is 2. The highest BCUT2D eigenvalue weighted by atomic mass is 19.1. The van der Waals surface area contributed by atoms with Gasteiger partial charge in [-0.15, -0.1) is 0 Å². The lowest BCUT2D eigenvalue weighted by atomic mass is 10.0. The van der Waals surface area contributed by atoms with E-state index in [-0.39, 0.29) is 24.3 Å². The van der Waals surface area contributed by atoms with E-state index in [1.807, 2.05) is 27.0 Å². The van der Waals surface area contributed by atoms with Crippen LogP contribution in [0.25, 0.3) is 11.0 Å². The van der Waals surface area contributed by atoms with Crippen LogP contribution in [0.3, 0.4) is 0 Å². The lowest BCUT2D eigenvalue weighted by Crippen LogP contribution is -2.25. The lowest BCUT2D eigenvalue weighted by molar-refractivity contribution is 0.0856. The number of carbonyl (C=O) groups excluding carboxylic acids is 1. The molecule has 1 unspecified atom stereocenters. The number of carbonyl (C=O) groups is 1. The van der Waals surface area contributed by atoms with Gasteiger partial charge in [0.05, 0.1) is 19.0 Å². The second-order valence-corrected chi connectivity index (χ2v) is 8.70. The SMILES string of the molecule is COc1cc(CNC(=O)c2cc(C3=NOC(c4cnc5c(cnn5C)c4)C3)nc(C)c2C)ccc1F. The third-order valence-corrected chi connectivity index (χ3v) is 6.36. The third kappa shape index (κ3) is 4.37. The molecule has 0 aliphatic carbocycles. The first-order valence-electron chi connectivity index (χ1n) is 11.4. The average Bonchev–Trinajstić information content (AvgIpc) is 3.52. The molecule has 10 heteroatoms. The second kappa shape index (κ2) is 9.37. The van der Waals surface area contributed by atoms with Crippen LogP contribution >= 0.6 is 0 Å². The molecule has 0 saturated carbocycles. The molecule has 1 N–H and O–H groups in total. The summed E-state index contributed by atoms with van der Waals surface area (Å²) in [6, 6.07) is 8.22. The van der Waals surface area contributed by atoms with Crippen LogP contribution in [0.5, 0.6) is 5.75 Å². The molecule has 0 fully saturated rings. The molecule has 5 rings (SSSR count). The van der Waals surface area contributed by atoms with Crippen molar-refractivity contribution in [2.24, 2.45) is 12.2 Å². The number of hydrogen-bond donors (Lipinski definition) is 1. The quantitative estimate of drug-likeness (QED) is 0.441. The van der Waals surface area contributed by atoms with E-state index >= 15 is 0 Å². The Morgan fingerprint density at radius 1 is 1.25 bits per heavy atom. The van der Waals surface area contributed by atoms with Crippen LogP contribution < -0.4 is 10.1 Å². The highest BCUT2D eigenvalue weighted by molar-refractivity contribution is 6.03. The molecule has 4 aromatic rings. The summed E-state index contributed by atoms with van der Waals surface area (Å²) in [7, 11) is 3.25. The van der Waals surface area contributed by atoms with Crippen molar-refractivity contribution in [1.82, 2.24) is 25.1 Å². The van der Waals surface area contributed by atoms with Crippen molar-refractivity contribution in [3.63, 3.8) is 0 Å². The van der Waals surface area contributed by atoms with Crippen LogP contribution in [-0.4, -0.2) is 38.5 Å². The highest BCUT2D eigenvalue weighted by Crippen LogP contribution is 2.31. The largest absolute Gasteiger partial charge is 0.494 e. The molecule has 1 aliphatic heterocycles. The van der Waals surface area contributed by atoms with E-state index in [9.17, 15) is 9.18 Å². The summed E-state index contributed by atoms with van der Waals surface area (Å²) >= 11 is 0. The lowest BCUT2D eigenvalue weighted by Gasteiger charge is -2.12. The minimum Gasteiger partial charge on any atom is -0.494 e. The number of halogens is 1. The first kappa shape index (κ1) is 23.4. The molecule has 1 aliphatic rings. The van der Waals surface area contributed by atoms with Crippen molar-refractivity contribution in [3.05, 3.63) is 82.2 Å². The van der Waals surface area contributed by atoms with Crippen molar-refractivity contribution in [2.75, 3.05) is 7.11 Å². The molecule has 3 aromatic heterocycles. The van der Waals surface area contributed by atoms with Crippen molar-refractivity contribution < 1.29 is 18.8 Å². The van der Waals surface area contributed by atoms with Gasteiger partial charge >= 0.3 is 0 Å². The molecule has 1 atom stereocenters. The number of benzene rings is 1. The zero-order chi connectivity index (χ0) is 25.4. The Kier molecular flexibility index (Phi) is 6.09. The Morgan fingerprint density at radius 2 is 2.08 bits per heavy atom. The Hall–Kier alpha value is -4.34.